The van der Waals surface area contributed by atoms with Gasteiger partial charge in [0.05, 0.1) is 44.7 Å². The van der Waals surface area contributed by atoms with Gasteiger partial charge in [0.1, 0.15) is 23.4 Å². The number of aliphatic hydroxyl groups excluding tert-OH is 1. The molecule has 0 aromatic heterocycles. The molecular weight excluding hydrogens is 875 g/mol. The van der Waals surface area contributed by atoms with E-state index in [4.69, 9.17) is 23.4 Å². The fourth-order valence-electron chi connectivity index (χ4n) is 5.21. The molecule has 2 N–H and O–H groups in total. The lowest BCUT2D eigenvalue weighted by molar-refractivity contribution is -0.386. The third-order valence-electron chi connectivity index (χ3n) is 11.2. The van der Waals surface area contributed by atoms with Crippen molar-refractivity contribution in [2.24, 2.45) is 0 Å². The van der Waals surface area contributed by atoms with Gasteiger partial charge in [-0.3, -0.25) is 39.9 Å². The highest BCUT2D eigenvalue weighted by atomic mass is 28.4. The van der Waals surface area contributed by atoms with Crippen LogP contribution in [0.2, 0.25) is 36.3 Å². The summed E-state index contributed by atoms with van der Waals surface area (Å²) in [5, 5.41) is 52.4. The SMILES string of the molecule is CC(C)(C)[Si](C)(C)OCCCOc1ccc([N+](=O)[O-])c(C=O)c1.Cc1ccc(C(O)c2cc(OCCCO[Si](C)(C)C(C)(C)C)ccc2[N+](=O)[O-])cc1.O=Cc1cc(O)ccc1[N+](=O)[O-]. The summed E-state index contributed by atoms with van der Waals surface area (Å²) in [6, 6.07) is 19.2. The van der Waals surface area contributed by atoms with Crippen molar-refractivity contribution in [1.29, 1.82) is 0 Å². The Labute approximate surface area is 382 Å². The van der Waals surface area contributed by atoms with Crippen LogP contribution in [-0.2, 0) is 8.85 Å². The molecule has 0 saturated carbocycles. The van der Waals surface area contributed by atoms with Crippen molar-refractivity contribution < 1.29 is 52.9 Å². The molecule has 1 unspecified atom stereocenters. The van der Waals surface area contributed by atoms with Crippen LogP contribution in [0, 0.1) is 37.3 Å². The molecular formula is C46H63N3O14Si2. The second-order valence-electron chi connectivity index (χ2n) is 18.1. The van der Waals surface area contributed by atoms with Gasteiger partial charge < -0.3 is 28.5 Å². The monoisotopic (exact) mass is 937 g/mol. The molecule has 354 valence electrons. The molecule has 65 heavy (non-hydrogen) atoms. The summed E-state index contributed by atoms with van der Waals surface area (Å²) in [7, 11) is -3.53. The molecule has 0 bridgehead atoms. The smallest absolute Gasteiger partial charge is 0.280 e. The number of aryl methyl sites for hydroxylation is 1. The number of hydrogen-bond acceptors (Lipinski definition) is 14. The van der Waals surface area contributed by atoms with Gasteiger partial charge in [0.15, 0.2) is 29.2 Å². The molecule has 4 aromatic carbocycles. The number of carbonyl (C=O) groups is 2. The number of nitro benzene ring substituents is 3. The van der Waals surface area contributed by atoms with Crippen molar-refractivity contribution in [2.75, 3.05) is 26.4 Å². The number of hydrogen-bond donors (Lipinski definition) is 2. The van der Waals surface area contributed by atoms with Crippen LogP contribution in [0.3, 0.4) is 0 Å². The minimum absolute atomic E-state index is 0.0185. The molecule has 0 saturated heterocycles. The number of aromatic hydroxyl groups is 1. The number of aliphatic hydroxyl groups is 1. The number of carbonyl (C=O) groups excluding carboxylic acids is 2. The molecule has 1 atom stereocenters. The number of aldehydes is 2. The van der Waals surface area contributed by atoms with Crippen LogP contribution < -0.4 is 9.47 Å². The number of nitro groups is 3. The average molecular weight is 938 g/mol. The zero-order chi connectivity index (χ0) is 49.3. The van der Waals surface area contributed by atoms with Crippen LogP contribution in [0.25, 0.3) is 0 Å². The Morgan fingerprint density at radius 2 is 1.00 bits per heavy atom. The molecule has 0 aliphatic heterocycles. The second-order valence-corrected chi connectivity index (χ2v) is 27.7. The largest absolute Gasteiger partial charge is 0.508 e. The number of rotatable bonds is 19. The van der Waals surface area contributed by atoms with E-state index in [2.05, 4.69) is 67.7 Å². The summed E-state index contributed by atoms with van der Waals surface area (Å²) in [5.41, 5.74) is 1.12. The number of phenolic OH excluding ortho intramolecular Hbond substituents is 1. The van der Waals surface area contributed by atoms with Gasteiger partial charge in [-0.25, -0.2) is 0 Å². The zero-order valence-electron chi connectivity index (χ0n) is 39.1. The molecule has 0 amide bonds. The van der Waals surface area contributed by atoms with Gasteiger partial charge in [-0.2, -0.15) is 0 Å². The lowest BCUT2D eigenvalue weighted by atomic mass is 9.99. The molecule has 17 nitrogen and oxygen atoms in total. The van der Waals surface area contributed by atoms with Gasteiger partial charge in [0, 0.05) is 44.3 Å². The van der Waals surface area contributed by atoms with Gasteiger partial charge in [-0.1, -0.05) is 71.4 Å². The molecule has 0 aliphatic carbocycles. The lowest BCUT2D eigenvalue weighted by Gasteiger charge is -2.36. The predicted octanol–water partition coefficient (Wildman–Crippen LogP) is 11.1. The maximum Gasteiger partial charge on any atom is 0.280 e. The number of nitrogens with zero attached hydrogens (tertiary/aromatic N) is 3. The molecule has 0 radical (unpaired) electrons. The summed E-state index contributed by atoms with van der Waals surface area (Å²) in [5.74, 6) is 0.779. The van der Waals surface area contributed by atoms with Crippen molar-refractivity contribution in [1.82, 2.24) is 0 Å². The zero-order valence-corrected chi connectivity index (χ0v) is 41.1. The van der Waals surface area contributed by atoms with Crippen LogP contribution in [0.15, 0.2) is 78.9 Å². The van der Waals surface area contributed by atoms with E-state index in [1.165, 1.54) is 24.3 Å². The third-order valence-corrected chi connectivity index (χ3v) is 20.3. The van der Waals surface area contributed by atoms with E-state index < -0.39 is 37.5 Å². The van der Waals surface area contributed by atoms with Crippen molar-refractivity contribution in [3.05, 3.63) is 137 Å². The molecule has 4 aromatic rings. The number of phenols is 1. The van der Waals surface area contributed by atoms with Crippen molar-refractivity contribution >= 4 is 46.3 Å². The number of ether oxygens (including phenoxy) is 2. The Kier molecular flexibility index (Phi) is 20.8. The molecule has 19 heteroatoms. The predicted molar refractivity (Wildman–Crippen MR) is 253 cm³/mol. The van der Waals surface area contributed by atoms with E-state index in [-0.39, 0.29) is 49.6 Å². The highest BCUT2D eigenvalue weighted by molar-refractivity contribution is 6.74. The maximum atomic E-state index is 11.4. The quantitative estimate of drug-likeness (QED) is 0.0292. The van der Waals surface area contributed by atoms with Crippen molar-refractivity contribution in [2.45, 2.75) is 104 Å². The Balaban J connectivity index is 0.000000365. The standard InChI is InChI=1S/C23H33NO5Si.C16H25NO5Si.C7H5NO4/c1-17-8-10-18(11-9-17)22(25)20-16-19(12-13-21(20)24(26)27)28-14-7-15-29-30(5,6)23(2,3)4;1-16(2,3)23(4,5)22-10-6-9-21-14-7-8-15(17(19)20)13(11-14)12-18;9-4-5-3-6(10)1-2-7(5)8(11)12/h8-13,16,22,25H,7,14-15H2,1-6H3;7-8,11-12H,6,9-10H2,1-5H3;1-4,10H. The second kappa shape index (κ2) is 24.4. The summed E-state index contributed by atoms with van der Waals surface area (Å²) >= 11 is 0. The van der Waals surface area contributed by atoms with Crippen LogP contribution >= 0.6 is 0 Å². The van der Waals surface area contributed by atoms with Gasteiger partial charge in [-0.05, 0) is 85.1 Å². The lowest BCUT2D eigenvalue weighted by Crippen LogP contribution is -2.41. The van der Waals surface area contributed by atoms with Gasteiger partial charge in [0.2, 0.25) is 0 Å². The van der Waals surface area contributed by atoms with Gasteiger partial charge >= 0.3 is 0 Å². The van der Waals surface area contributed by atoms with E-state index in [9.17, 15) is 45.0 Å². The molecule has 0 fully saturated rings. The topological polar surface area (TPSA) is 241 Å². The van der Waals surface area contributed by atoms with Crippen LogP contribution in [-0.4, -0.2) is 80.6 Å². The summed E-state index contributed by atoms with van der Waals surface area (Å²) < 4.78 is 23.5. The van der Waals surface area contributed by atoms with Gasteiger partial charge in [-0.15, -0.1) is 0 Å². The van der Waals surface area contributed by atoms with Crippen LogP contribution in [0.5, 0.6) is 17.2 Å². The highest BCUT2D eigenvalue weighted by Crippen LogP contribution is 2.38. The molecule has 4 rings (SSSR count). The molecule has 0 heterocycles. The van der Waals surface area contributed by atoms with E-state index >= 15 is 0 Å². The molecule has 0 spiro atoms. The van der Waals surface area contributed by atoms with Crippen molar-refractivity contribution in [3.8, 4) is 17.2 Å². The van der Waals surface area contributed by atoms with E-state index in [1.54, 1.807) is 24.3 Å². The van der Waals surface area contributed by atoms with E-state index in [0.29, 0.717) is 56.1 Å². The summed E-state index contributed by atoms with van der Waals surface area (Å²) in [6.07, 6.45) is 1.14. The number of benzene rings is 4. The summed E-state index contributed by atoms with van der Waals surface area (Å²) in [4.78, 5) is 51.9. The van der Waals surface area contributed by atoms with Crippen LogP contribution in [0.1, 0.15) is 97.9 Å². The average Bonchev–Trinajstić information content (AvgIpc) is 3.22. The first-order valence-electron chi connectivity index (χ1n) is 20.9. The van der Waals surface area contributed by atoms with Gasteiger partial charge in [0.25, 0.3) is 17.1 Å². The first-order valence-corrected chi connectivity index (χ1v) is 26.7. The fourth-order valence-corrected chi connectivity index (χ4v) is 7.38. The Bertz CT molecular complexity index is 2240. The van der Waals surface area contributed by atoms with E-state index in [1.807, 2.05) is 19.1 Å². The summed E-state index contributed by atoms with van der Waals surface area (Å²) in [6.45, 7) is 26.0. The van der Waals surface area contributed by atoms with Crippen LogP contribution in [0.4, 0.5) is 17.1 Å². The molecule has 0 aliphatic rings. The first-order chi connectivity index (χ1) is 30.1. The minimum Gasteiger partial charge on any atom is -0.508 e. The Hall–Kier alpha value is -5.87. The Morgan fingerprint density at radius 3 is 1.42 bits per heavy atom. The first kappa shape index (κ1) is 55.3. The fraction of sp³-hybridized carbons (Fsp3) is 0.435. The highest BCUT2D eigenvalue weighted by Gasteiger charge is 2.37. The van der Waals surface area contributed by atoms with E-state index in [0.717, 1.165) is 36.6 Å². The van der Waals surface area contributed by atoms with Crippen molar-refractivity contribution in [3.63, 3.8) is 0 Å². The minimum atomic E-state index is -1.78. The maximum absolute atomic E-state index is 11.4. The Morgan fingerprint density at radius 1 is 0.600 bits per heavy atom. The third kappa shape index (κ3) is 17.2. The normalized spacial score (nSPS) is 12.1.